The Bertz CT molecular complexity index is 891. The van der Waals surface area contributed by atoms with Gasteiger partial charge in [0.25, 0.3) is 5.92 Å². The third-order valence-corrected chi connectivity index (χ3v) is 5.82. The first-order valence-corrected chi connectivity index (χ1v) is 10.4. The highest BCUT2D eigenvalue weighted by atomic mass is 32.2. The number of benzene rings is 1. The summed E-state index contributed by atoms with van der Waals surface area (Å²) in [5.74, 6) is -2.87. The molecule has 3 rings (SSSR count). The molecule has 0 atom stereocenters. The fourth-order valence-corrected chi connectivity index (χ4v) is 3.79. The zero-order valence-corrected chi connectivity index (χ0v) is 15.7. The summed E-state index contributed by atoms with van der Waals surface area (Å²) < 4.78 is 49.8. The highest BCUT2D eigenvalue weighted by Crippen LogP contribution is 2.26. The van der Waals surface area contributed by atoms with E-state index in [0.717, 1.165) is 49.8 Å². The van der Waals surface area contributed by atoms with Gasteiger partial charge in [-0.05, 0) is 41.8 Å². The fourth-order valence-electron chi connectivity index (χ4n) is 3.11. The number of fused-ring (bicyclic) bond motifs is 1. The summed E-state index contributed by atoms with van der Waals surface area (Å²) in [5.41, 5.74) is 2.93. The number of sulfone groups is 1. The SMILES string of the molecule is CC(F)(F)c1ccc(CCN2CCc3cc(S(C)(=O)=O)ccc3C2)nc1. The van der Waals surface area contributed by atoms with Crippen molar-refractivity contribution in [2.75, 3.05) is 19.3 Å². The predicted octanol–water partition coefficient (Wildman–Crippen LogP) is 3.20. The standard InChI is InChI=1S/C19H22F2N2O2S/c1-19(20,21)16-4-5-17(22-12-16)8-10-23-9-7-14-11-18(26(2,24)25)6-3-15(14)13-23/h3-6,11-12H,7-10,13H2,1-2H3. The van der Waals surface area contributed by atoms with Gasteiger partial charge in [-0.1, -0.05) is 6.07 Å². The number of halogens is 2. The van der Waals surface area contributed by atoms with Crippen LogP contribution in [0.15, 0.2) is 41.4 Å². The summed E-state index contributed by atoms with van der Waals surface area (Å²) in [5, 5.41) is 0. The first-order chi connectivity index (χ1) is 12.1. The minimum absolute atomic E-state index is 0.0742. The summed E-state index contributed by atoms with van der Waals surface area (Å²) in [4.78, 5) is 6.77. The minimum atomic E-state index is -3.19. The number of rotatable bonds is 5. The maximum atomic E-state index is 13.2. The van der Waals surface area contributed by atoms with Crippen molar-refractivity contribution in [2.24, 2.45) is 0 Å². The van der Waals surface area contributed by atoms with Crippen LogP contribution in [-0.2, 0) is 35.1 Å². The number of nitrogens with zero attached hydrogens (tertiary/aromatic N) is 2. The third-order valence-electron chi connectivity index (χ3n) is 4.71. The van der Waals surface area contributed by atoms with E-state index in [4.69, 9.17) is 0 Å². The van der Waals surface area contributed by atoms with E-state index in [0.29, 0.717) is 11.3 Å². The topological polar surface area (TPSA) is 50.3 Å². The molecule has 0 saturated carbocycles. The van der Waals surface area contributed by atoms with Crippen molar-refractivity contribution >= 4 is 9.84 Å². The highest BCUT2D eigenvalue weighted by Gasteiger charge is 2.24. The van der Waals surface area contributed by atoms with Crippen LogP contribution < -0.4 is 0 Å². The van der Waals surface area contributed by atoms with Gasteiger partial charge in [0.05, 0.1) is 4.90 Å². The van der Waals surface area contributed by atoms with E-state index in [1.165, 1.54) is 18.5 Å². The summed E-state index contributed by atoms with van der Waals surface area (Å²) in [6, 6.07) is 8.40. The van der Waals surface area contributed by atoms with Gasteiger partial charge in [-0.3, -0.25) is 9.88 Å². The third kappa shape index (κ3) is 4.45. The van der Waals surface area contributed by atoms with E-state index in [9.17, 15) is 17.2 Å². The van der Waals surface area contributed by atoms with Crippen LogP contribution in [0.4, 0.5) is 8.78 Å². The molecule has 4 nitrogen and oxygen atoms in total. The van der Waals surface area contributed by atoms with Gasteiger partial charge in [-0.25, -0.2) is 17.2 Å². The molecule has 7 heteroatoms. The van der Waals surface area contributed by atoms with E-state index in [-0.39, 0.29) is 5.56 Å². The Balaban J connectivity index is 1.61. The van der Waals surface area contributed by atoms with Gasteiger partial charge in [0.2, 0.25) is 0 Å². The first-order valence-electron chi connectivity index (χ1n) is 8.50. The molecule has 1 aromatic heterocycles. The van der Waals surface area contributed by atoms with Crippen LogP contribution in [0.5, 0.6) is 0 Å². The second kappa shape index (κ2) is 7.04. The fraction of sp³-hybridized carbons (Fsp3) is 0.421. The zero-order chi connectivity index (χ0) is 18.9. The van der Waals surface area contributed by atoms with Crippen molar-refractivity contribution in [1.82, 2.24) is 9.88 Å². The molecule has 0 saturated heterocycles. The number of hydrogen-bond acceptors (Lipinski definition) is 4. The Morgan fingerprint density at radius 3 is 2.58 bits per heavy atom. The largest absolute Gasteiger partial charge is 0.298 e. The van der Waals surface area contributed by atoms with Gasteiger partial charge < -0.3 is 0 Å². The molecule has 140 valence electrons. The van der Waals surface area contributed by atoms with E-state index >= 15 is 0 Å². The number of alkyl halides is 2. The van der Waals surface area contributed by atoms with E-state index in [1.54, 1.807) is 18.2 Å². The molecule has 0 bridgehead atoms. The van der Waals surface area contributed by atoms with Gasteiger partial charge in [-0.15, -0.1) is 0 Å². The van der Waals surface area contributed by atoms with Crippen LogP contribution in [0.25, 0.3) is 0 Å². The quantitative estimate of drug-likeness (QED) is 0.799. The second-order valence-corrected chi connectivity index (χ2v) is 8.92. The summed E-state index contributed by atoms with van der Waals surface area (Å²) >= 11 is 0. The van der Waals surface area contributed by atoms with Crippen molar-refractivity contribution in [2.45, 2.75) is 37.1 Å². The van der Waals surface area contributed by atoms with E-state index in [1.807, 2.05) is 6.07 Å². The Kier molecular flexibility index (Phi) is 5.12. The lowest BCUT2D eigenvalue weighted by Gasteiger charge is -2.29. The van der Waals surface area contributed by atoms with Gasteiger partial charge in [0.1, 0.15) is 0 Å². The molecule has 0 radical (unpaired) electrons. The van der Waals surface area contributed by atoms with Crippen LogP contribution in [0, 0.1) is 0 Å². The lowest BCUT2D eigenvalue weighted by Crippen LogP contribution is -2.32. The maximum absolute atomic E-state index is 13.2. The smallest absolute Gasteiger partial charge is 0.272 e. The van der Waals surface area contributed by atoms with Crippen LogP contribution >= 0.6 is 0 Å². The Morgan fingerprint density at radius 2 is 1.96 bits per heavy atom. The summed E-state index contributed by atoms with van der Waals surface area (Å²) in [7, 11) is -3.19. The normalized spacial score (nSPS) is 15.7. The number of aromatic nitrogens is 1. The molecule has 1 aromatic carbocycles. The van der Waals surface area contributed by atoms with Crippen LogP contribution in [0.2, 0.25) is 0 Å². The molecular formula is C19H22F2N2O2S. The molecule has 1 aliphatic heterocycles. The Hall–Kier alpha value is -1.86. The van der Waals surface area contributed by atoms with Crippen molar-refractivity contribution in [3.63, 3.8) is 0 Å². The molecule has 0 N–H and O–H groups in total. The lowest BCUT2D eigenvalue weighted by molar-refractivity contribution is 0.0171. The molecule has 0 spiro atoms. The minimum Gasteiger partial charge on any atom is -0.298 e. The van der Waals surface area contributed by atoms with Crippen LogP contribution in [0.1, 0.15) is 29.3 Å². The van der Waals surface area contributed by atoms with Crippen LogP contribution in [0.3, 0.4) is 0 Å². The van der Waals surface area contributed by atoms with Crippen molar-refractivity contribution in [3.8, 4) is 0 Å². The van der Waals surface area contributed by atoms with Crippen molar-refractivity contribution < 1.29 is 17.2 Å². The molecule has 0 fully saturated rings. The molecule has 26 heavy (non-hydrogen) atoms. The van der Waals surface area contributed by atoms with E-state index in [2.05, 4.69) is 9.88 Å². The maximum Gasteiger partial charge on any atom is 0.272 e. The molecule has 1 aliphatic rings. The lowest BCUT2D eigenvalue weighted by atomic mass is 9.99. The van der Waals surface area contributed by atoms with Crippen molar-refractivity contribution in [1.29, 1.82) is 0 Å². The molecule has 2 aromatic rings. The van der Waals surface area contributed by atoms with Crippen molar-refractivity contribution in [3.05, 3.63) is 58.9 Å². The van der Waals surface area contributed by atoms with Gasteiger partial charge in [0.15, 0.2) is 9.84 Å². The average molecular weight is 380 g/mol. The molecule has 2 heterocycles. The Labute approximate surface area is 152 Å². The molecule has 0 unspecified atom stereocenters. The monoisotopic (exact) mass is 380 g/mol. The van der Waals surface area contributed by atoms with Gasteiger partial charge >= 0.3 is 0 Å². The molecular weight excluding hydrogens is 358 g/mol. The second-order valence-electron chi connectivity index (χ2n) is 6.91. The Morgan fingerprint density at radius 1 is 1.19 bits per heavy atom. The number of hydrogen-bond donors (Lipinski definition) is 0. The summed E-state index contributed by atoms with van der Waals surface area (Å²) in [6.45, 7) is 3.24. The molecule has 0 amide bonds. The zero-order valence-electron chi connectivity index (χ0n) is 14.9. The first kappa shape index (κ1) is 18.9. The molecule has 0 aliphatic carbocycles. The van der Waals surface area contributed by atoms with Crippen LogP contribution in [-0.4, -0.2) is 37.6 Å². The van der Waals surface area contributed by atoms with Gasteiger partial charge in [-0.2, -0.15) is 0 Å². The average Bonchev–Trinajstić information content (AvgIpc) is 2.58. The van der Waals surface area contributed by atoms with Gasteiger partial charge in [0, 0.05) is 56.7 Å². The predicted molar refractivity (Wildman–Crippen MR) is 96.0 cm³/mol. The van der Waals surface area contributed by atoms with E-state index < -0.39 is 15.8 Å². The highest BCUT2D eigenvalue weighted by molar-refractivity contribution is 7.90. The number of pyridine rings is 1. The summed E-state index contributed by atoms with van der Waals surface area (Å²) in [6.07, 6.45) is 3.95.